The molecular weight excluding hydrogens is 489 g/mol. The molecule has 2 N–H and O–H groups in total. The molecule has 0 spiro atoms. The molecule has 1 heterocycles. The van der Waals surface area contributed by atoms with Crippen LogP contribution >= 0.6 is 24.0 Å². The summed E-state index contributed by atoms with van der Waals surface area (Å²) >= 11 is 0. The van der Waals surface area contributed by atoms with Gasteiger partial charge in [-0.25, -0.2) is 8.78 Å². The predicted molar refractivity (Wildman–Crippen MR) is 123 cm³/mol. The molecule has 0 aromatic heterocycles. The maximum absolute atomic E-state index is 14.0. The summed E-state index contributed by atoms with van der Waals surface area (Å²) in [4.78, 5) is 6.00. The van der Waals surface area contributed by atoms with Crippen LogP contribution in [0.3, 0.4) is 0 Å². The first kappa shape index (κ1) is 23.3. The average Bonchev–Trinajstić information content (AvgIpc) is 3.13. The van der Waals surface area contributed by atoms with Crippen molar-refractivity contribution >= 4 is 35.6 Å². The van der Waals surface area contributed by atoms with E-state index in [4.69, 9.17) is 4.74 Å². The van der Waals surface area contributed by atoms with Gasteiger partial charge in [0, 0.05) is 39.8 Å². The highest BCUT2D eigenvalue weighted by Crippen LogP contribution is 2.26. The van der Waals surface area contributed by atoms with E-state index < -0.39 is 11.6 Å². The van der Waals surface area contributed by atoms with Gasteiger partial charge in [0.15, 0.2) is 5.96 Å². The van der Waals surface area contributed by atoms with Gasteiger partial charge in [0.05, 0.1) is 6.61 Å². The number of methoxy groups -OCH3 is 1. The summed E-state index contributed by atoms with van der Waals surface area (Å²) in [5.74, 6) is -0.392. The van der Waals surface area contributed by atoms with E-state index in [1.807, 2.05) is 18.2 Å². The van der Waals surface area contributed by atoms with Crippen LogP contribution < -0.4 is 15.5 Å². The number of halogens is 3. The fourth-order valence-corrected chi connectivity index (χ4v) is 3.44. The van der Waals surface area contributed by atoms with Crippen molar-refractivity contribution in [3.8, 4) is 0 Å². The Kier molecular flexibility index (Phi) is 9.09. The lowest BCUT2D eigenvalue weighted by Crippen LogP contribution is -2.44. The number of benzene rings is 2. The minimum atomic E-state index is -0.529. The molecule has 0 bridgehead atoms. The summed E-state index contributed by atoms with van der Waals surface area (Å²) in [7, 11) is 3.38. The van der Waals surface area contributed by atoms with Crippen LogP contribution in [0.4, 0.5) is 14.5 Å². The molecule has 29 heavy (non-hydrogen) atoms. The van der Waals surface area contributed by atoms with Crippen molar-refractivity contribution in [1.82, 2.24) is 10.6 Å². The van der Waals surface area contributed by atoms with Crippen LogP contribution in [0, 0.1) is 11.6 Å². The first-order chi connectivity index (χ1) is 13.6. The first-order valence-corrected chi connectivity index (χ1v) is 9.33. The molecule has 3 rings (SSSR count). The molecule has 1 aliphatic rings. The SMILES string of the molecule is CN=C(NCc1cccc(COC)c1)NC1CCN(c2c(F)cccc2F)C1.I. The fourth-order valence-electron chi connectivity index (χ4n) is 3.44. The summed E-state index contributed by atoms with van der Waals surface area (Å²) in [6.07, 6.45) is 0.776. The Morgan fingerprint density at radius 2 is 1.86 bits per heavy atom. The highest BCUT2D eigenvalue weighted by atomic mass is 127. The van der Waals surface area contributed by atoms with Crippen molar-refractivity contribution in [2.24, 2.45) is 4.99 Å². The van der Waals surface area contributed by atoms with Crippen molar-refractivity contribution < 1.29 is 13.5 Å². The molecule has 1 saturated heterocycles. The molecule has 0 amide bonds. The minimum Gasteiger partial charge on any atom is -0.380 e. The van der Waals surface area contributed by atoms with Gasteiger partial charge in [-0.05, 0) is 29.7 Å². The highest BCUT2D eigenvalue weighted by Gasteiger charge is 2.27. The molecule has 8 heteroatoms. The van der Waals surface area contributed by atoms with Crippen LogP contribution in [0.2, 0.25) is 0 Å². The Morgan fingerprint density at radius 1 is 1.17 bits per heavy atom. The summed E-state index contributed by atoms with van der Waals surface area (Å²) < 4.78 is 33.2. The molecule has 1 aliphatic heterocycles. The summed E-state index contributed by atoms with van der Waals surface area (Å²) in [5.41, 5.74) is 2.28. The predicted octanol–water partition coefficient (Wildman–Crippen LogP) is 3.67. The zero-order valence-corrected chi connectivity index (χ0v) is 19.0. The Labute approximate surface area is 187 Å². The number of ether oxygens (including phenoxy) is 1. The van der Waals surface area contributed by atoms with Gasteiger partial charge in [-0.3, -0.25) is 4.99 Å². The van der Waals surface area contributed by atoms with E-state index in [9.17, 15) is 8.78 Å². The Balaban J connectivity index is 0.00000300. The normalized spacial score (nSPS) is 16.5. The topological polar surface area (TPSA) is 48.9 Å². The van der Waals surface area contributed by atoms with Crippen LogP contribution in [0.25, 0.3) is 0 Å². The molecular formula is C21H27F2IN4O. The second kappa shape index (κ2) is 11.3. The molecule has 158 valence electrons. The van der Waals surface area contributed by atoms with Crippen molar-refractivity contribution in [2.75, 3.05) is 32.1 Å². The molecule has 2 aromatic rings. The zero-order chi connectivity index (χ0) is 19.9. The highest BCUT2D eigenvalue weighted by molar-refractivity contribution is 14.0. The number of nitrogens with zero attached hydrogens (tertiary/aromatic N) is 2. The number of para-hydroxylation sites is 1. The van der Waals surface area contributed by atoms with Gasteiger partial charge in [-0.2, -0.15) is 0 Å². The van der Waals surface area contributed by atoms with Crippen LogP contribution in [0.1, 0.15) is 17.5 Å². The van der Waals surface area contributed by atoms with Gasteiger partial charge in [0.25, 0.3) is 0 Å². The van der Waals surface area contributed by atoms with E-state index >= 15 is 0 Å². The van der Waals surface area contributed by atoms with E-state index in [0.29, 0.717) is 32.2 Å². The number of hydrogen-bond acceptors (Lipinski definition) is 3. The number of anilines is 1. The number of guanidine groups is 1. The Hall–Kier alpha value is -1.94. The lowest BCUT2D eigenvalue weighted by Gasteiger charge is -2.21. The molecule has 1 atom stereocenters. The molecule has 0 saturated carbocycles. The van der Waals surface area contributed by atoms with Crippen LogP contribution in [-0.4, -0.2) is 39.2 Å². The third-order valence-corrected chi connectivity index (χ3v) is 4.77. The molecule has 0 aliphatic carbocycles. The van der Waals surface area contributed by atoms with Crippen molar-refractivity contribution in [3.63, 3.8) is 0 Å². The molecule has 2 aromatic carbocycles. The zero-order valence-electron chi connectivity index (χ0n) is 16.6. The minimum absolute atomic E-state index is 0. The maximum atomic E-state index is 14.0. The maximum Gasteiger partial charge on any atom is 0.191 e. The van der Waals surface area contributed by atoms with E-state index in [0.717, 1.165) is 17.5 Å². The summed E-state index contributed by atoms with van der Waals surface area (Å²) in [6.45, 7) is 2.30. The summed E-state index contributed by atoms with van der Waals surface area (Å²) in [5, 5.41) is 6.63. The van der Waals surface area contributed by atoms with E-state index in [-0.39, 0.29) is 35.7 Å². The third kappa shape index (κ3) is 6.27. The number of hydrogen-bond donors (Lipinski definition) is 2. The lowest BCUT2D eigenvalue weighted by molar-refractivity contribution is 0.185. The standard InChI is InChI=1S/C21H26F2N4O.HI/c1-24-21(25-12-15-5-3-6-16(11-15)14-28-2)26-17-9-10-27(13-17)20-18(22)7-4-8-19(20)23;/h3-8,11,17H,9-10,12-14H2,1-2H3,(H2,24,25,26);1H. The number of aliphatic imine (C=N–C) groups is 1. The quantitative estimate of drug-likeness (QED) is 0.350. The summed E-state index contributed by atoms with van der Waals surface area (Å²) in [6, 6.07) is 12.2. The third-order valence-electron chi connectivity index (χ3n) is 4.77. The van der Waals surface area contributed by atoms with E-state index in [1.165, 1.54) is 18.2 Å². The average molecular weight is 516 g/mol. The largest absolute Gasteiger partial charge is 0.380 e. The lowest BCUT2D eigenvalue weighted by atomic mass is 10.1. The number of nitrogens with one attached hydrogen (secondary N) is 2. The van der Waals surface area contributed by atoms with Gasteiger partial charge in [-0.15, -0.1) is 24.0 Å². The first-order valence-electron chi connectivity index (χ1n) is 9.33. The second-order valence-electron chi connectivity index (χ2n) is 6.82. The number of rotatable bonds is 6. The van der Waals surface area contributed by atoms with Crippen LogP contribution in [0.5, 0.6) is 0 Å². The van der Waals surface area contributed by atoms with Crippen molar-refractivity contribution in [3.05, 3.63) is 65.2 Å². The van der Waals surface area contributed by atoms with Crippen molar-refractivity contribution in [2.45, 2.75) is 25.6 Å². The van der Waals surface area contributed by atoms with E-state index in [2.05, 4.69) is 21.7 Å². The molecule has 0 radical (unpaired) electrons. The van der Waals surface area contributed by atoms with Gasteiger partial charge in [0.1, 0.15) is 17.3 Å². The van der Waals surface area contributed by atoms with Crippen molar-refractivity contribution in [1.29, 1.82) is 0 Å². The van der Waals surface area contributed by atoms with Gasteiger partial charge < -0.3 is 20.3 Å². The van der Waals surface area contributed by atoms with Crippen LogP contribution in [-0.2, 0) is 17.9 Å². The molecule has 1 unspecified atom stereocenters. The second-order valence-corrected chi connectivity index (χ2v) is 6.82. The van der Waals surface area contributed by atoms with Gasteiger partial charge in [0.2, 0.25) is 0 Å². The fraction of sp³-hybridized carbons (Fsp3) is 0.381. The Morgan fingerprint density at radius 3 is 2.55 bits per heavy atom. The smallest absolute Gasteiger partial charge is 0.191 e. The van der Waals surface area contributed by atoms with E-state index in [1.54, 1.807) is 19.1 Å². The monoisotopic (exact) mass is 516 g/mol. The molecule has 1 fully saturated rings. The van der Waals surface area contributed by atoms with Crippen LogP contribution in [0.15, 0.2) is 47.5 Å². The Bertz CT molecular complexity index is 814. The van der Waals surface area contributed by atoms with Gasteiger partial charge in [-0.1, -0.05) is 30.3 Å². The van der Waals surface area contributed by atoms with Gasteiger partial charge >= 0.3 is 0 Å². The molecule has 5 nitrogen and oxygen atoms in total.